The molecule has 9 heteroatoms. The molecule has 0 aliphatic heterocycles. The van der Waals surface area contributed by atoms with Crippen molar-refractivity contribution in [3.05, 3.63) is 0 Å². The van der Waals surface area contributed by atoms with Crippen molar-refractivity contribution in [3.63, 3.8) is 0 Å². The highest BCUT2D eigenvalue weighted by Crippen LogP contribution is 2.47. The molecule has 0 saturated heterocycles. The molecule has 0 saturated carbocycles. The van der Waals surface area contributed by atoms with E-state index >= 15 is 0 Å². The third-order valence-corrected chi connectivity index (χ3v) is 35.0. The number of unbranched alkanes of at least 4 members (excludes halogenated alkanes) is 9. The van der Waals surface area contributed by atoms with Crippen LogP contribution in [0.1, 0.15) is 133 Å². The van der Waals surface area contributed by atoms with Gasteiger partial charge in [-0.3, -0.25) is 0 Å². The van der Waals surface area contributed by atoms with Crippen molar-refractivity contribution < 1.29 is 16.8 Å². The van der Waals surface area contributed by atoms with Crippen molar-refractivity contribution in [1.29, 1.82) is 0 Å². The summed E-state index contributed by atoms with van der Waals surface area (Å²) in [5.41, 5.74) is 0. The largest absolute Gasteiger partial charge is 0.469 e. The van der Waals surface area contributed by atoms with Crippen LogP contribution in [0.3, 0.4) is 0 Å². The lowest BCUT2D eigenvalue weighted by atomic mass is 10.1. The third-order valence-electron chi connectivity index (χ3n) is 10.7. The lowest BCUT2D eigenvalue weighted by Gasteiger charge is -2.52. The average Bonchev–Trinajstić information content (AvgIpc) is 2.76. The average molecular weight is 693 g/mol. The molecule has 0 rings (SSSR count). The van der Waals surface area contributed by atoms with Crippen LogP contribution in [0.15, 0.2) is 0 Å². The van der Waals surface area contributed by atoms with Gasteiger partial charge in [-0.25, -0.2) is 0 Å². The number of rotatable bonds is 21. The molecule has 4 nitrogen and oxygen atoms in total. The monoisotopic (exact) mass is 692 g/mol. The first-order valence-electron chi connectivity index (χ1n) is 17.9. The van der Waals surface area contributed by atoms with Gasteiger partial charge in [0.2, 0.25) is 0 Å². The van der Waals surface area contributed by atoms with Crippen LogP contribution < -0.4 is 0 Å². The van der Waals surface area contributed by atoms with Crippen LogP contribution in [0.25, 0.3) is 0 Å². The lowest BCUT2D eigenvalue weighted by molar-refractivity contribution is 0.227. The van der Waals surface area contributed by atoms with Crippen molar-refractivity contribution in [2.24, 2.45) is 0 Å². The van der Waals surface area contributed by atoms with Gasteiger partial charge < -0.3 is 16.8 Å². The summed E-state index contributed by atoms with van der Waals surface area (Å²) in [6.45, 7) is 43.2. The summed E-state index contributed by atoms with van der Waals surface area (Å²) < 4.78 is 28.4. The minimum atomic E-state index is -2.97. The molecule has 0 bridgehead atoms. The van der Waals surface area contributed by atoms with Gasteiger partial charge in [0, 0.05) is 12.7 Å². The number of hydrogen-bond acceptors (Lipinski definition) is 4. The van der Waals surface area contributed by atoms with Crippen molar-refractivity contribution in [1.82, 2.24) is 0 Å². The van der Waals surface area contributed by atoms with Crippen LogP contribution in [0.4, 0.5) is 0 Å². The molecule has 0 N–H and O–H groups in total. The Morgan fingerprint density at radius 3 is 0.907 bits per heavy atom. The van der Waals surface area contributed by atoms with Crippen molar-refractivity contribution in [3.8, 4) is 0 Å². The van der Waals surface area contributed by atoms with E-state index in [1.54, 1.807) is 0 Å². The molecule has 0 aromatic carbocycles. The minimum absolute atomic E-state index is 0.111. The topological polar surface area (TPSA) is 36.9 Å². The quantitative estimate of drug-likeness (QED) is 0.0886. The first-order valence-corrected chi connectivity index (χ1v) is 31.7. The minimum Gasteiger partial charge on any atom is -0.418 e. The van der Waals surface area contributed by atoms with Crippen molar-refractivity contribution in [2.45, 2.75) is 213 Å². The summed E-state index contributed by atoms with van der Waals surface area (Å²) in [7, 11) is -10.7. The summed E-state index contributed by atoms with van der Waals surface area (Å²) in [6, 6.07) is 2.27. The van der Waals surface area contributed by atoms with Crippen LogP contribution in [0.2, 0.25) is 79.6 Å². The van der Waals surface area contributed by atoms with E-state index in [1.165, 1.54) is 63.8 Å². The molecular weight excluding hydrogens is 613 g/mol. The van der Waals surface area contributed by atoms with Gasteiger partial charge in [0.05, 0.1) is 0 Å². The van der Waals surface area contributed by atoms with E-state index in [0.717, 1.165) is 19.1 Å². The fourth-order valence-corrected chi connectivity index (χ4v) is 23.2. The maximum atomic E-state index is 7.48. The predicted molar refractivity (Wildman–Crippen MR) is 205 cm³/mol. The second-order valence-electron chi connectivity index (χ2n) is 18.5. The molecule has 0 unspecified atom stereocenters. The highest BCUT2D eigenvalue weighted by Gasteiger charge is 2.57. The zero-order valence-electron chi connectivity index (χ0n) is 32.8. The molecule has 0 amide bonds. The molecule has 0 aliphatic carbocycles. The van der Waals surface area contributed by atoms with E-state index < -0.39 is 42.1 Å². The normalized spacial score (nSPS) is 14.9. The fraction of sp³-hybridized carbons (Fsp3) is 1.00. The molecule has 260 valence electrons. The molecular formula is C34H80O4Si5. The summed E-state index contributed by atoms with van der Waals surface area (Å²) in [5.74, 6) is 0. The zero-order valence-corrected chi connectivity index (χ0v) is 37.8. The molecule has 0 aliphatic rings. The second kappa shape index (κ2) is 17.4. The maximum Gasteiger partial charge on any atom is 0.469 e. The Morgan fingerprint density at radius 1 is 0.395 bits per heavy atom. The SMILES string of the molecule is CCO[Si](C)(C)CCCCCCCCCCCC[Si](O[Si](C)(C)C(C)(C)C)(O[Si](C)(C)C(C)(C)C)O[Si](C)(C)C(C)(C)C. The Kier molecular flexibility index (Phi) is 17.7. The van der Waals surface area contributed by atoms with E-state index in [2.05, 4.69) is 122 Å². The summed E-state index contributed by atoms with van der Waals surface area (Å²) in [6.07, 6.45) is 13.2. The molecule has 0 aromatic heterocycles. The third kappa shape index (κ3) is 16.1. The van der Waals surface area contributed by atoms with E-state index in [-0.39, 0.29) is 15.1 Å². The first kappa shape index (κ1) is 43.9. The summed E-state index contributed by atoms with van der Waals surface area (Å²) in [4.78, 5) is 0. The molecule has 0 heterocycles. The summed E-state index contributed by atoms with van der Waals surface area (Å²) >= 11 is 0. The highest BCUT2D eigenvalue weighted by atomic mass is 28.5. The molecule has 0 spiro atoms. The molecule has 0 aromatic rings. The van der Waals surface area contributed by atoms with E-state index in [9.17, 15) is 0 Å². The molecule has 0 radical (unpaired) electrons. The lowest BCUT2D eigenvalue weighted by Crippen LogP contribution is -2.65. The van der Waals surface area contributed by atoms with Gasteiger partial charge in [0.1, 0.15) is 0 Å². The Labute approximate surface area is 277 Å². The Balaban J connectivity index is 5.39. The van der Waals surface area contributed by atoms with Crippen LogP contribution >= 0.6 is 0 Å². The van der Waals surface area contributed by atoms with Crippen LogP contribution in [0, 0.1) is 0 Å². The second-order valence-corrected chi connectivity index (χ2v) is 40.7. The van der Waals surface area contributed by atoms with Crippen LogP contribution in [-0.2, 0) is 16.8 Å². The van der Waals surface area contributed by atoms with Gasteiger partial charge in [-0.15, -0.1) is 0 Å². The highest BCUT2D eigenvalue weighted by molar-refractivity contribution is 6.92. The standard InChI is InChI=1S/C34H80O4Si5/c1-19-35-39(11,12)30-28-26-24-22-20-21-23-25-27-29-31-43(36-40(13,14)32(2,3)4,37-41(15,16)33(5,6)7)38-42(17,18)34(8,9)10/h19-31H2,1-18H3. The summed E-state index contributed by atoms with van der Waals surface area (Å²) in [5, 5.41) is 0.334. The van der Waals surface area contributed by atoms with Gasteiger partial charge in [0.25, 0.3) is 0 Å². The van der Waals surface area contributed by atoms with E-state index in [0.29, 0.717) is 0 Å². The first-order chi connectivity index (χ1) is 19.1. The van der Waals surface area contributed by atoms with Crippen molar-refractivity contribution >= 4 is 42.1 Å². The fourth-order valence-electron chi connectivity index (χ4n) is 4.61. The number of hydrogen-bond donors (Lipinski definition) is 0. The van der Waals surface area contributed by atoms with Gasteiger partial charge in [-0.2, -0.15) is 0 Å². The zero-order chi connectivity index (χ0) is 34.0. The molecule has 0 atom stereocenters. The van der Waals surface area contributed by atoms with Crippen molar-refractivity contribution in [2.75, 3.05) is 6.61 Å². The van der Waals surface area contributed by atoms with E-state index in [1.807, 2.05) is 0 Å². The Morgan fingerprint density at radius 2 is 0.651 bits per heavy atom. The smallest absolute Gasteiger partial charge is 0.418 e. The van der Waals surface area contributed by atoms with Gasteiger partial charge >= 0.3 is 8.80 Å². The van der Waals surface area contributed by atoms with Gasteiger partial charge in [-0.1, -0.05) is 120 Å². The Bertz CT molecular complexity index is 708. The maximum absolute atomic E-state index is 7.48. The molecule has 0 fully saturated rings. The predicted octanol–water partition coefficient (Wildman–Crippen LogP) is 13.1. The molecule has 43 heavy (non-hydrogen) atoms. The van der Waals surface area contributed by atoms with Gasteiger partial charge in [0.15, 0.2) is 33.3 Å². The van der Waals surface area contributed by atoms with E-state index in [4.69, 9.17) is 16.8 Å². The van der Waals surface area contributed by atoms with Crippen LogP contribution in [-0.4, -0.2) is 48.7 Å². The van der Waals surface area contributed by atoms with Gasteiger partial charge in [-0.05, 0) is 86.9 Å². The van der Waals surface area contributed by atoms with Crippen LogP contribution in [0.5, 0.6) is 0 Å². The Hall–Kier alpha value is 0.924.